The molecule has 0 heterocycles. The first-order valence-corrected chi connectivity index (χ1v) is 6.38. The van der Waals surface area contributed by atoms with Crippen LogP contribution < -0.4 is 4.74 Å². The molecule has 0 atom stereocenters. The summed E-state index contributed by atoms with van der Waals surface area (Å²) in [5.74, 6) is 0.865. The second-order valence-electron chi connectivity index (χ2n) is 3.84. The van der Waals surface area contributed by atoms with Crippen LogP contribution in [0.5, 0.6) is 5.75 Å². The molecule has 2 aromatic rings. The minimum Gasteiger partial charge on any atom is -0.496 e. The summed E-state index contributed by atoms with van der Waals surface area (Å²) < 4.78 is 5.32. The van der Waals surface area contributed by atoms with E-state index in [0.717, 1.165) is 26.7 Å². The first-order valence-electron chi connectivity index (χ1n) is 5.56. The molecule has 0 radical (unpaired) electrons. The molecule has 0 aliphatic carbocycles. The third-order valence-electron chi connectivity index (χ3n) is 2.62. The number of nitriles is 1. The summed E-state index contributed by atoms with van der Waals surface area (Å²) in [6.45, 7) is 1.95. The average Bonchev–Trinajstić information content (AvgIpc) is 2.39. The van der Waals surface area contributed by atoms with Gasteiger partial charge < -0.3 is 4.74 Å². The number of aryl methyl sites for hydroxylation is 1. The fourth-order valence-electron chi connectivity index (χ4n) is 1.66. The van der Waals surface area contributed by atoms with Crippen LogP contribution >= 0.6 is 11.8 Å². The molecule has 2 rings (SSSR count). The van der Waals surface area contributed by atoms with Crippen molar-refractivity contribution < 1.29 is 4.74 Å². The molecular formula is C15H13NOS. The number of nitrogens with zero attached hydrogens (tertiary/aromatic N) is 1. The lowest BCUT2D eigenvalue weighted by Gasteiger charge is -2.08. The molecule has 2 nitrogen and oxygen atoms in total. The van der Waals surface area contributed by atoms with Crippen molar-refractivity contribution in [1.82, 2.24) is 0 Å². The monoisotopic (exact) mass is 255 g/mol. The van der Waals surface area contributed by atoms with E-state index in [4.69, 9.17) is 10.00 Å². The molecule has 0 N–H and O–H groups in total. The second-order valence-corrected chi connectivity index (χ2v) is 4.96. The van der Waals surface area contributed by atoms with Crippen LogP contribution in [0.4, 0.5) is 0 Å². The van der Waals surface area contributed by atoms with Gasteiger partial charge in [0.15, 0.2) is 0 Å². The van der Waals surface area contributed by atoms with Crippen molar-refractivity contribution in [3.63, 3.8) is 0 Å². The Morgan fingerprint density at radius 3 is 2.61 bits per heavy atom. The highest BCUT2D eigenvalue weighted by Gasteiger charge is 2.05. The summed E-state index contributed by atoms with van der Waals surface area (Å²) in [6, 6.07) is 15.9. The standard InChI is InChI=1S/C15H13NOS/c1-11-9-13(8-7-12(11)10-16)18-15-6-4-3-5-14(15)17-2/h3-9H,1-2H3. The maximum absolute atomic E-state index is 8.90. The Bertz CT molecular complexity index is 602. The summed E-state index contributed by atoms with van der Waals surface area (Å²) in [5.41, 5.74) is 1.72. The molecular weight excluding hydrogens is 242 g/mol. The third-order valence-corrected chi connectivity index (χ3v) is 3.66. The van der Waals surface area contributed by atoms with Gasteiger partial charge in [0.1, 0.15) is 5.75 Å². The molecule has 0 aromatic heterocycles. The zero-order valence-electron chi connectivity index (χ0n) is 10.3. The minimum atomic E-state index is 0.722. The number of hydrogen-bond donors (Lipinski definition) is 0. The van der Waals surface area contributed by atoms with E-state index in [1.807, 2.05) is 49.4 Å². The highest BCUT2D eigenvalue weighted by atomic mass is 32.2. The average molecular weight is 255 g/mol. The highest BCUT2D eigenvalue weighted by molar-refractivity contribution is 7.99. The van der Waals surface area contributed by atoms with Crippen molar-refractivity contribution in [3.05, 3.63) is 53.6 Å². The molecule has 18 heavy (non-hydrogen) atoms. The molecule has 0 spiro atoms. The van der Waals surface area contributed by atoms with Crippen molar-refractivity contribution in [2.45, 2.75) is 16.7 Å². The fraction of sp³-hybridized carbons (Fsp3) is 0.133. The largest absolute Gasteiger partial charge is 0.496 e. The van der Waals surface area contributed by atoms with Crippen LogP contribution in [0.1, 0.15) is 11.1 Å². The van der Waals surface area contributed by atoms with Gasteiger partial charge in [-0.2, -0.15) is 5.26 Å². The summed E-state index contributed by atoms with van der Waals surface area (Å²) >= 11 is 1.64. The van der Waals surface area contributed by atoms with Crippen molar-refractivity contribution >= 4 is 11.8 Å². The van der Waals surface area contributed by atoms with E-state index < -0.39 is 0 Å². The predicted octanol–water partition coefficient (Wildman–Crippen LogP) is 4.03. The Kier molecular flexibility index (Phi) is 3.91. The zero-order valence-corrected chi connectivity index (χ0v) is 11.1. The Morgan fingerprint density at radius 1 is 1.17 bits per heavy atom. The molecule has 0 fully saturated rings. The quantitative estimate of drug-likeness (QED) is 0.830. The van der Waals surface area contributed by atoms with E-state index in [2.05, 4.69) is 6.07 Å². The van der Waals surface area contributed by atoms with Crippen LogP contribution in [0.3, 0.4) is 0 Å². The molecule has 0 saturated carbocycles. The Balaban J connectivity index is 2.29. The van der Waals surface area contributed by atoms with Gasteiger partial charge in [0.2, 0.25) is 0 Å². The first-order chi connectivity index (χ1) is 8.74. The highest BCUT2D eigenvalue weighted by Crippen LogP contribution is 2.35. The van der Waals surface area contributed by atoms with Crippen LogP contribution in [0.25, 0.3) is 0 Å². The van der Waals surface area contributed by atoms with E-state index in [1.165, 1.54) is 0 Å². The van der Waals surface area contributed by atoms with Gasteiger partial charge in [-0.3, -0.25) is 0 Å². The lowest BCUT2D eigenvalue weighted by atomic mass is 10.1. The predicted molar refractivity (Wildman–Crippen MR) is 73.0 cm³/mol. The van der Waals surface area contributed by atoms with Gasteiger partial charge in [-0.1, -0.05) is 23.9 Å². The summed E-state index contributed by atoms with van der Waals surface area (Å²) in [6.07, 6.45) is 0. The minimum absolute atomic E-state index is 0.722. The van der Waals surface area contributed by atoms with Gasteiger partial charge in [0, 0.05) is 4.90 Å². The fourth-order valence-corrected chi connectivity index (χ4v) is 2.68. The molecule has 3 heteroatoms. The summed E-state index contributed by atoms with van der Waals surface area (Å²) in [5, 5.41) is 8.90. The third kappa shape index (κ3) is 2.66. The van der Waals surface area contributed by atoms with E-state index in [1.54, 1.807) is 18.9 Å². The van der Waals surface area contributed by atoms with Crippen LogP contribution in [-0.2, 0) is 0 Å². The smallest absolute Gasteiger partial charge is 0.132 e. The number of rotatable bonds is 3. The number of para-hydroxylation sites is 1. The molecule has 90 valence electrons. The van der Waals surface area contributed by atoms with Gasteiger partial charge in [-0.15, -0.1) is 0 Å². The van der Waals surface area contributed by atoms with Gasteiger partial charge >= 0.3 is 0 Å². The van der Waals surface area contributed by atoms with Gasteiger partial charge in [-0.05, 0) is 42.8 Å². The summed E-state index contributed by atoms with van der Waals surface area (Å²) in [7, 11) is 1.67. The van der Waals surface area contributed by atoms with E-state index in [9.17, 15) is 0 Å². The Hall–Kier alpha value is -1.92. The van der Waals surface area contributed by atoms with Crippen molar-refractivity contribution in [2.75, 3.05) is 7.11 Å². The number of benzene rings is 2. The maximum Gasteiger partial charge on any atom is 0.132 e. The van der Waals surface area contributed by atoms with Gasteiger partial charge in [0.25, 0.3) is 0 Å². The van der Waals surface area contributed by atoms with Gasteiger partial charge in [0.05, 0.1) is 23.6 Å². The Morgan fingerprint density at radius 2 is 1.94 bits per heavy atom. The van der Waals surface area contributed by atoms with Gasteiger partial charge in [-0.25, -0.2) is 0 Å². The first kappa shape index (κ1) is 12.5. The van der Waals surface area contributed by atoms with Crippen molar-refractivity contribution in [2.24, 2.45) is 0 Å². The molecule has 0 saturated heterocycles. The zero-order chi connectivity index (χ0) is 13.0. The topological polar surface area (TPSA) is 33.0 Å². The normalized spacial score (nSPS) is 9.83. The maximum atomic E-state index is 8.90. The molecule has 0 aliphatic rings. The number of hydrogen-bond acceptors (Lipinski definition) is 3. The van der Waals surface area contributed by atoms with Crippen LogP contribution in [-0.4, -0.2) is 7.11 Å². The van der Waals surface area contributed by atoms with Crippen LogP contribution in [0, 0.1) is 18.3 Å². The molecule has 2 aromatic carbocycles. The van der Waals surface area contributed by atoms with Crippen LogP contribution in [0.2, 0.25) is 0 Å². The lowest BCUT2D eigenvalue weighted by Crippen LogP contribution is -1.86. The van der Waals surface area contributed by atoms with E-state index >= 15 is 0 Å². The molecule has 0 aliphatic heterocycles. The Labute approximate surface area is 111 Å². The number of ether oxygens (including phenoxy) is 1. The van der Waals surface area contributed by atoms with Crippen molar-refractivity contribution in [1.29, 1.82) is 5.26 Å². The SMILES string of the molecule is COc1ccccc1Sc1ccc(C#N)c(C)c1. The summed E-state index contributed by atoms with van der Waals surface area (Å²) in [4.78, 5) is 2.18. The van der Waals surface area contributed by atoms with Crippen molar-refractivity contribution in [3.8, 4) is 11.8 Å². The van der Waals surface area contributed by atoms with E-state index in [0.29, 0.717) is 0 Å². The van der Waals surface area contributed by atoms with Crippen LogP contribution in [0.15, 0.2) is 52.3 Å². The van der Waals surface area contributed by atoms with E-state index in [-0.39, 0.29) is 0 Å². The second kappa shape index (κ2) is 5.61. The lowest BCUT2D eigenvalue weighted by molar-refractivity contribution is 0.405. The number of methoxy groups -OCH3 is 1. The molecule has 0 unspecified atom stereocenters. The molecule has 0 bridgehead atoms. The molecule has 0 amide bonds.